The number of carbonyl (C=O) groups excluding carboxylic acids is 2. The van der Waals surface area contributed by atoms with Crippen molar-refractivity contribution in [1.29, 1.82) is 0 Å². The number of esters is 1. The molecule has 0 unspecified atom stereocenters. The van der Waals surface area contributed by atoms with Crippen molar-refractivity contribution in [2.75, 3.05) is 11.9 Å². The molecule has 0 radical (unpaired) electrons. The minimum Gasteiger partial charge on any atom is -0.456 e. The van der Waals surface area contributed by atoms with Crippen LogP contribution in [0, 0.1) is 6.92 Å². The van der Waals surface area contributed by atoms with Crippen LogP contribution in [0.5, 0.6) is 0 Å². The molecular formula is C23H19N3O4S. The molecule has 8 heteroatoms. The number of aryl methyl sites for hydroxylation is 1. The van der Waals surface area contributed by atoms with Gasteiger partial charge in [0.05, 0.1) is 21.8 Å². The number of hydrogen-bond donors (Lipinski definition) is 0. The molecule has 0 saturated carbocycles. The Morgan fingerprint density at radius 1 is 1.13 bits per heavy atom. The van der Waals surface area contributed by atoms with Crippen LogP contribution in [-0.4, -0.2) is 28.3 Å². The summed E-state index contributed by atoms with van der Waals surface area (Å²) < 4.78 is 6.86. The molecule has 1 amide bonds. The Morgan fingerprint density at radius 3 is 2.71 bits per heavy atom. The number of anilines is 1. The number of ether oxygens (including phenoxy) is 1. The van der Waals surface area contributed by atoms with Gasteiger partial charge >= 0.3 is 5.97 Å². The van der Waals surface area contributed by atoms with Crippen molar-refractivity contribution in [1.82, 2.24) is 9.38 Å². The Morgan fingerprint density at radius 2 is 1.94 bits per heavy atom. The summed E-state index contributed by atoms with van der Waals surface area (Å²) in [7, 11) is 1.61. The third-order valence-corrected chi connectivity index (χ3v) is 5.59. The number of para-hydroxylation sites is 1. The minimum atomic E-state index is -0.604. The molecule has 4 rings (SSSR count). The van der Waals surface area contributed by atoms with E-state index in [2.05, 4.69) is 4.98 Å². The van der Waals surface area contributed by atoms with Gasteiger partial charge in [-0.2, -0.15) is 0 Å². The van der Waals surface area contributed by atoms with Crippen LogP contribution in [-0.2, 0) is 11.3 Å². The van der Waals surface area contributed by atoms with Crippen LogP contribution in [0.15, 0.2) is 71.0 Å². The molecular weight excluding hydrogens is 414 g/mol. The van der Waals surface area contributed by atoms with Gasteiger partial charge < -0.3 is 9.64 Å². The van der Waals surface area contributed by atoms with Crippen LogP contribution in [0.2, 0.25) is 0 Å². The van der Waals surface area contributed by atoms with Crippen molar-refractivity contribution in [3.63, 3.8) is 0 Å². The van der Waals surface area contributed by atoms with Gasteiger partial charge in [-0.05, 0) is 42.1 Å². The van der Waals surface area contributed by atoms with E-state index in [1.165, 1.54) is 26.7 Å². The zero-order chi connectivity index (χ0) is 22.0. The highest BCUT2D eigenvalue weighted by atomic mass is 32.1. The lowest BCUT2D eigenvalue weighted by Gasteiger charge is -2.19. The molecule has 0 aliphatic heterocycles. The quantitative estimate of drug-likeness (QED) is 0.449. The number of benzene rings is 1. The number of nitrogens with zero attached hydrogens (tertiary/aromatic N) is 3. The van der Waals surface area contributed by atoms with Crippen LogP contribution in [0.1, 0.15) is 31.3 Å². The number of pyridine rings is 1. The third-order valence-electron chi connectivity index (χ3n) is 4.73. The van der Waals surface area contributed by atoms with Gasteiger partial charge in [-0.15, -0.1) is 11.3 Å². The second-order valence-corrected chi connectivity index (χ2v) is 7.90. The van der Waals surface area contributed by atoms with E-state index in [9.17, 15) is 14.4 Å². The smallest absolute Gasteiger partial charge is 0.340 e. The Bertz CT molecular complexity index is 1330. The average Bonchev–Trinajstić information content (AvgIpc) is 3.32. The van der Waals surface area contributed by atoms with Gasteiger partial charge in [0.15, 0.2) is 0 Å². The van der Waals surface area contributed by atoms with Gasteiger partial charge in [0, 0.05) is 19.3 Å². The normalized spacial score (nSPS) is 10.8. The summed E-state index contributed by atoms with van der Waals surface area (Å²) in [6.45, 7) is 1.73. The summed E-state index contributed by atoms with van der Waals surface area (Å²) in [5.74, 6) is -0.818. The Kier molecular flexibility index (Phi) is 5.64. The first kappa shape index (κ1) is 20.5. The molecule has 3 heterocycles. The predicted molar refractivity (Wildman–Crippen MR) is 119 cm³/mol. The first-order valence-electron chi connectivity index (χ1n) is 9.51. The molecule has 156 valence electrons. The first-order valence-corrected chi connectivity index (χ1v) is 10.4. The van der Waals surface area contributed by atoms with Gasteiger partial charge in [-0.25, -0.2) is 9.78 Å². The number of amides is 1. The molecule has 0 N–H and O–H groups in total. The standard InChI is InChI=1S/C23H19N3O4S/c1-15-9-10-20-24-16(12-21(27)26(20)13-15)14-30-23(29)17-6-3-4-7-18(17)25(2)22(28)19-8-5-11-31-19/h3-13H,14H2,1-2H3. The molecule has 4 aromatic rings. The predicted octanol–water partition coefficient (Wildman–Crippen LogP) is 3.70. The van der Waals surface area contributed by atoms with E-state index in [0.717, 1.165) is 5.56 Å². The third kappa shape index (κ3) is 4.24. The van der Waals surface area contributed by atoms with E-state index in [-0.39, 0.29) is 23.6 Å². The second-order valence-electron chi connectivity index (χ2n) is 6.96. The Labute approximate surface area is 182 Å². The molecule has 0 atom stereocenters. The topological polar surface area (TPSA) is 81.0 Å². The first-order chi connectivity index (χ1) is 14.9. The van der Waals surface area contributed by atoms with E-state index in [1.54, 1.807) is 55.7 Å². The highest BCUT2D eigenvalue weighted by molar-refractivity contribution is 7.12. The van der Waals surface area contributed by atoms with Crippen molar-refractivity contribution in [3.8, 4) is 0 Å². The summed E-state index contributed by atoms with van der Waals surface area (Å²) in [6.07, 6.45) is 1.71. The summed E-state index contributed by atoms with van der Waals surface area (Å²) in [5.41, 5.74) is 2.21. The van der Waals surface area contributed by atoms with Gasteiger partial charge in [-0.3, -0.25) is 14.0 Å². The molecule has 0 saturated heterocycles. The van der Waals surface area contributed by atoms with E-state index in [4.69, 9.17) is 4.74 Å². The minimum absolute atomic E-state index is 0.157. The summed E-state index contributed by atoms with van der Waals surface area (Å²) in [4.78, 5) is 44.2. The largest absolute Gasteiger partial charge is 0.456 e. The Hall–Kier alpha value is -3.78. The Balaban J connectivity index is 1.55. The van der Waals surface area contributed by atoms with Crippen LogP contribution in [0.3, 0.4) is 0 Å². The average molecular weight is 433 g/mol. The summed E-state index contributed by atoms with van der Waals surface area (Å²) in [6, 6.07) is 15.2. The number of rotatable bonds is 5. The van der Waals surface area contributed by atoms with Gasteiger partial charge in [0.2, 0.25) is 0 Å². The van der Waals surface area contributed by atoms with E-state index in [1.807, 2.05) is 18.4 Å². The van der Waals surface area contributed by atoms with Gasteiger partial charge in [-0.1, -0.05) is 24.3 Å². The monoisotopic (exact) mass is 433 g/mol. The van der Waals surface area contributed by atoms with Crippen molar-refractivity contribution in [3.05, 3.63) is 98.2 Å². The van der Waals surface area contributed by atoms with Crippen molar-refractivity contribution in [2.24, 2.45) is 0 Å². The lowest BCUT2D eigenvalue weighted by Crippen LogP contribution is -2.27. The lowest BCUT2D eigenvalue weighted by molar-refractivity contribution is 0.0468. The number of hydrogen-bond acceptors (Lipinski definition) is 6. The molecule has 3 aromatic heterocycles. The second kappa shape index (κ2) is 8.53. The maximum absolute atomic E-state index is 12.8. The molecule has 0 fully saturated rings. The van der Waals surface area contributed by atoms with E-state index >= 15 is 0 Å². The molecule has 31 heavy (non-hydrogen) atoms. The summed E-state index contributed by atoms with van der Waals surface area (Å²) >= 11 is 1.33. The number of aromatic nitrogens is 2. The van der Waals surface area contributed by atoms with Crippen molar-refractivity contribution >= 4 is 34.5 Å². The molecule has 0 aliphatic carbocycles. The summed E-state index contributed by atoms with van der Waals surface area (Å²) in [5, 5.41) is 1.82. The van der Waals surface area contributed by atoms with Crippen LogP contribution >= 0.6 is 11.3 Å². The SMILES string of the molecule is Cc1ccc2nc(COC(=O)c3ccccc3N(C)C(=O)c3cccs3)cc(=O)n2c1. The number of carbonyl (C=O) groups is 2. The zero-order valence-corrected chi connectivity index (χ0v) is 17.8. The van der Waals surface area contributed by atoms with Crippen LogP contribution in [0.4, 0.5) is 5.69 Å². The molecule has 0 aliphatic rings. The van der Waals surface area contributed by atoms with Gasteiger partial charge in [0.1, 0.15) is 12.3 Å². The highest BCUT2D eigenvalue weighted by Gasteiger charge is 2.21. The van der Waals surface area contributed by atoms with Gasteiger partial charge in [0.25, 0.3) is 11.5 Å². The fourth-order valence-corrected chi connectivity index (χ4v) is 3.86. The zero-order valence-electron chi connectivity index (χ0n) is 16.9. The number of thiophene rings is 1. The molecule has 0 bridgehead atoms. The van der Waals surface area contributed by atoms with E-state index < -0.39 is 5.97 Å². The van der Waals surface area contributed by atoms with Crippen molar-refractivity contribution in [2.45, 2.75) is 13.5 Å². The molecule has 1 aromatic carbocycles. The van der Waals surface area contributed by atoms with Crippen molar-refractivity contribution < 1.29 is 14.3 Å². The van der Waals surface area contributed by atoms with E-state index in [0.29, 0.717) is 21.9 Å². The lowest BCUT2D eigenvalue weighted by atomic mass is 10.1. The van der Waals surface area contributed by atoms with Crippen LogP contribution < -0.4 is 10.5 Å². The fraction of sp³-hybridized carbons (Fsp3) is 0.130. The maximum Gasteiger partial charge on any atom is 0.340 e. The maximum atomic E-state index is 12.8. The van der Waals surface area contributed by atoms with Crippen LogP contribution in [0.25, 0.3) is 5.65 Å². The molecule has 0 spiro atoms. The highest BCUT2D eigenvalue weighted by Crippen LogP contribution is 2.23. The fourth-order valence-electron chi connectivity index (χ4n) is 3.16. The molecule has 7 nitrogen and oxygen atoms in total. The number of fused-ring (bicyclic) bond motifs is 1.